The maximum Gasteiger partial charge on any atom is 0.321 e. The van der Waals surface area contributed by atoms with Gasteiger partial charge in [-0.1, -0.05) is 89.5 Å². The quantitative estimate of drug-likeness (QED) is 0.325. The maximum absolute atomic E-state index is 11.8. The predicted octanol–water partition coefficient (Wildman–Crippen LogP) is 7.09. The van der Waals surface area contributed by atoms with Gasteiger partial charge in [-0.25, -0.2) is 0 Å². The van der Waals surface area contributed by atoms with E-state index in [-0.39, 0.29) is 0 Å². The Bertz CT molecular complexity index is 582. The van der Waals surface area contributed by atoms with E-state index in [1.807, 2.05) is 18.2 Å². The number of benzene rings is 1. The Kier molecular flexibility index (Phi) is 12.7. The summed E-state index contributed by atoms with van der Waals surface area (Å²) in [5, 5.41) is 17.8. The SMILES string of the molecule is CCCCCCCCCCC(C)c1ccccc1C(SCCC#N)C(=O)O. The van der Waals surface area contributed by atoms with Gasteiger partial charge < -0.3 is 5.11 Å². The fraction of sp³-hybridized carbons (Fsp3) is 0.652. The van der Waals surface area contributed by atoms with Crippen molar-refractivity contribution in [3.8, 4) is 6.07 Å². The molecule has 0 spiro atoms. The van der Waals surface area contributed by atoms with E-state index in [1.165, 1.54) is 63.1 Å². The van der Waals surface area contributed by atoms with Crippen LogP contribution in [-0.2, 0) is 4.79 Å². The van der Waals surface area contributed by atoms with Crippen molar-refractivity contribution in [2.24, 2.45) is 0 Å². The molecule has 0 aliphatic rings. The summed E-state index contributed by atoms with van der Waals surface area (Å²) < 4.78 is 0. The first-order chi connectivity index (χ1) is 13.1. The summed E-state index contributed by atoms with van der Waals surface area (Å²) in [6.45, 7) is 4.45. The Morgan fingerprint density at radius 3 is 2.26 bits per heavy atom. The number of nitriles is 1. The van der Waals surface area contributed by atoms with Gasteiger partial charge in [-0.15, -0.1) is 11.8 Å². The molecule has 27 heavy (non-hydrogen) atoms. The number of carboxylic acids is 1. The van der Waals surface area contributed by atoms with Crippen LogP contribution in [0.4, 0.5) is 0 Å². The van der Waals surface area contributed by atoms with Crippen molar-refractivity contribution >= 4 is 17.7 Å². The Morgan fingerprint density at radius 1 is 1.07 bits per heavy atom. The average molecular weight is 390 g/mol. The molecule has 0 radical (unpaired) electrons. The molecule has 0 saturated carbocycles. The van der Waals surface area contributed by atoms with Crippen LogP contribution in [0.5, 0.6) is 0 Å². The highest BCUT2D eigenvalue weighted by molar-refractivity contribution is 8.00. The first-order valence-electron chi connectivity index (χ1n) is 10.4. The largest absolute Gasteiger partial charge is 0.480 e. The van der Waals surface area contributed by atoms with Crippen molar-refractivity contribution in [1.29, 1.82) is 5.26 Å². The van der Waals surface area contributed by atoms with E-state index in [4.69, 9.17) is 5.26 Å². The molecule has 0 bridgehead atoms. The number of carboxylic acid groups (broad SMARTS) is 1. The van der Waals surface area contributed by atoms with Gasteiger partial charge >= 0.3 is 5.97 Å². The molecular formula is C23H35NO2S. The molecule has 0 aromatic heterocycles. The minimum absolute atomic E-state index is 0.361. The van der Waals surface area contributed by atoms with E-state index in [0.29, 0.717) is 18.1 Å². The van der Waals surface area contributed by atoms with Gasteiger partial charge in [0, 0.05) is 12.2 Å². The topological polar surface area (TPSA) is 61.1 Å². The second-order valence-corrected chi connectivity index (χ2v) is 8.50. The van der Waals surface area contributed by atoms with Gasteiger partial charge in [0.2, 0.25) is 0 Å². The van der Waals surface area contributed by atoms with Crippen molar-refractivity contribution in [2.45, 2.75) is 89.2 Å². The number of unbranched alkanes of at least 4 members (excludes halogenated alkanes) is 7. The molecule has 1 rings (SSSR count). The van der Waals surface area contributed by atoms with Crippen LogP contribution in [0.25, 0.3) is 0 Å². The Morgan fingerprint density at radius 2 is 1.67 bits per heavy atom. The van der Waals surface area contributed by atoms with Gasteiger partial charge in [-0.3, -0.25) is 4.79 Å². The van der Waals surface area contributed by atoms with Gasteiger partial charge in [0.05, 0.1) is 6.07 Å². The Hall–Kier alpha value is -1.47. The molecular weight excluding hydrogens is 354 g/mol. The zero-order chi connectivity index (χ0) is 19.9. The highest BCUT2D eigenvalue weighted by Crippen LogP contribution is 2.36. The van der Waals surface area contributed by atoms with Crippen LogP contribution in [0.15, 0.2) is 24.3 Å². The Balaban J connectivity index is 2.55. The first-order valence-corrected chi connectivity index (χ1v) is 11.5. The number of rotatable bonds is 15. The van der Waals surface area contributed by atoms with E-state index in [2.05, 4.69) is 26.0 Å². The number of hydrogen-bond acceptors (Lipinski definition) is 3. The lowest BCUT2D eigenvalue weighted by Gasteiger charge is -2.20. The lowest BCUT2D eigenvalue weighted by molar-refractivity contribution is -0.136. The lowest BCUT2D eigenvalue weighted by atomic mass is 9.89. The lowest BCUT2D eigenvalue weighted by Crippen LogP contribution is -2.12. The second kappa shape index (κ2) is 14.6. The van der Waals surface area contributed by atoms with Crippen molar-refractivity contribution in [1.82, 2.24) is 0 Å². The van der Waals surface area contributed by atoms with Gasteiger partial charge in [0.1, 0.15) is 5.25 Å². The third-order valence-corrected chi connectivity index (χ3v) is 6.25. The summed E-state index contributed by atoms with van der Waals surface area (Å²) >= 11 is 1.36. The summed E-state index contributed by atoms with van der Waals surface area (Å²) in [5.74, 6) is 0.0955. The van der Waals surface area contributed by atoms with Crippen LogP contribution in [-0.4, -0.2) is 16.8 Å². The highest BCUT2D eigenvalue weighted by Gasteiger charge is 2.24. The van der Waals surface area contributed by atoms with E-state index in [0.717, 1.165) is 17.5 Å². The van der Waals surface area contributed by atoms with E-state index < -0.39 is 11.2 Å². The molecule has 0 aliphatic heterocycles. The summed E-state index contributed by atoms with van der Waals surface area (Å²) in [4.78, 5) is 11.8. The van der Waals surface area contributed by atoms with Crippen LogP contribution in [0.3, 0.4) is 0 Å². The van der Waals surface area contributed by atoms with Crippen molar-refractivity contribution in [3.05, 3.63) is 35.4 Å². The first kappa shape index (κ1) is 23.6. The average Bonchev–Trinajstić information content (AvgIpc) is 2.67. The van der Waals surface area contributed by atoms with E-state index in [1.54, 1.807) is 0 Å². The molecule has 150 valence electrons. The number of nitrogens with zero attached hydrogens (tertiary/aromatic N) is 1. The summed E-state index contributed by atoms with van der Waals surface area (Å²) in [7, 11) is 0. The molecule has 1 aromatic rings. The van der Waals surface area contributed by atoms with Gasteiger partial charge in [0.25, 0.3) is 0 Å². The molecule has 0 aliphatic carbocycles. The highest BCUT2D eigenvalue weighted by atomic mass is 32.2. The summed E-state index contributed by atoms with van der Waals surface area (Å²) in [6.07, 6.45) is 11.9. The third-order valence-electron chi connectivity index (χ3n) is 5.02. The van der Waals surface area contributed by atoms with Crippen LogP contribution < -0.4 is 0 Å². The fourth-order valence-corrected chi connectivity index (χ4v) is 4.44. The molecule has 3 nitrogen and oxygen atoms in total. The molecule has 0 saturated heterocycles. The van der Waals surface area contributed by atoms with Gasteiger partial charge in [0.15, 0.2) is 0 Å². The second-order valence-electron chi connectivity index (χ2n) is 7.29. The minimum atomic E-state index is -0.815. The number of thioether (sulfide) groups is 1. The van der Waals surface area contributed by atoms with Crippen LogP contribution in [0.1, 0.15) is 100 Å². The third kappa shape index (κ3) is 9.33. The molecule has 0 fully saturated rings. The molecule has 0 amide bonds. The Labute approximate surface area is 169 Å². The van der Waals surface area contributed by atoms with Crippen molar-refractivity contribution in [3.63, 3.8) is 0 Å². The molecule has 2 unspecified atom stereocenters. The zero-order valence-corrected chi connectivity index (χ0v) is 17.8. The van der Waals surface area contributed by atoms with Gasteiger partial charge in [-0.2, -0.15) is 5.26 Å². The molecule has 2 atom stereocenters. The number of carbonyl (C=O) groups is 1. The summed E-state index contributed by atoms with van der Waals surface area (Å²) in [5.41, 5.74) is 2.05. The molecule has 1 N–H and O–H groups in total. The maximum atomic E-state index is 11.8. The zero-order valence-electron chi connectivity index (χ0n) is 17.0. The fourth-order valence-electron chi connectivity index (χ4n) is 3.45. The predicted molar refractivity (Wildman–Crippen MR) is 115 cm³/mol. The van der Waals surface area contributed by atoms with Crippen molar-refractivity contribution < 1.29 is 9.90 Å². The van der Waals surface area contributed by atoms with Crippen molar-refractivity contribution in [2.75, 3.05) is 5.75 Å². The normalized spacial score (nSPS) is 13.1. The number of aliphatic carboxylic acids is 1. The minimum Gasteiger partial charge on any atom is -0.480 e. The van der Waals surface area contributed by atoms with Crippen LogP contribution >= 0.6 is 11.8 Å². The monoisotopic (exact) mass is 389 g/mol. The van der Waals surface area contributed by atoms with E-state index in [9.17, 15) is 9.90 Å². The molecule has 0 heterocycles. The standard InChI is InChI=1S/C23H35NO2S/c1-3-4-5-6-7-8-9-10-14-19(2)20-15-11-12-16-21(20)22(23(25)26)27-18-13-17-24/h11-12,15-16,19,22H,3-10,13-14,18H2,1-2H3,(H,25,26). The molecule has 1 aromatic carbocycles. The van der Waals surface area contributed by atoms with Crippen LogP contribution in [0, 0.1) is 11.3 Å². The van der Waals surface area contributed by atoms with E-state index >= 15 is 0 Å². The van der Waals surface area contributed by atoms with Gasteiger partial charge in [-0.05, 0) is 23.5 Å². The molecule has 4 heteroatoms. The number of hydrogen-bond donors (Lipinski definition) is 1. The smallest absolute Gasteiger partial charge is 0.321 e. The van der Waals surface area contributed by atoms with Crippen LogP contribution in [0.2, 0.25) is 0 Å². The summed E-state index contributed by atoms with van der Waals surface area (Å²) in [6, 6.07) is 10.0.